The van der Waals surface area contributed by atoms with Gasteiger partial charge in [0.05, 0.1) is 12.5 Å². The van der Waals surface area contributed by atoms with Gasteiger partial charge in [0, 0.05) is 5.02 Å². The van der Waals surface area contributed by atoms with Crippen molar-refractivity contribution in [2.24, 2.45) is 0 Å². The minimum Gasteiger partial charge on any atom is -0.496 e. The van der Waals surface area contributed by atoms with Crippen LogP contribution >= 0.6 is 11.6 Å². The van der Waals surface area contributed by atoms with Gasteiger partial charge in [0.25, 0.3) is 0 Å². The molecule has 1 saturated carbocycles. The van der Waals surface area contributed by atoms with Crippen LogP contribution in [-0.4, -0.2) is 18.2 Å². The van der Waals surface area contributed by atoms with Crippen molar-refractivity contribution < 1.29 is 14.6 Å². The molecular weight excluding hydrogens is 264 g/mol. The Balaban J connectivity index is 2.70. The lowest BCUT2D eigenvalue weighted by Gasteiger charge is -2.29. The van der Waals surface area contributed by atoms with E-state index in [1.165, 1.54) is 0 Å². The van der Waals surface area contributed by atoms with Crippen LogP contribution in [0.25, 0.3) is 0 Å². The van der Waals surface area contributed by atoms with Gasteiger partial charge in [-0.25, -0.2) is 0 Å². The number of carbonyl (C=O) groups is 1. The summed E-state index contributed by atoms with van der Waals surface area (Å²) in [4.78, 5) is 11.8. The quantitative estimate of drug-likeness (QED) is 0.916. The van der Waals surface area contributed by atoms with Crippen molar-refractivity contribution in [3.63, 3.8) is 0 Å². The van der Waals surface area contributed by atoms with Gasteiger partial charge in [0.1, 0.15) is 5.75 Å². The van der Waals surface area contributed by atoms with Crippen LogP contribution in [0.2, 0.25) is 5.02 Å². The Bertz CT molecular complexity index is 517. The predicted molar refractivity (Wildman–Crippen MR) is 75.3 cm³/mol. The standard InChI is InChI=1S/C15H19ClO3/c1-9-8-11(16)12(10(2)13(9)19-3)15(14(17)18)6-4-5-7-15/h8H,4-7H2,1-3H3,(H,17,18). The monoisotopic (exact) mass is 282 g/mol. The molecule has 1 aliphatic rings. The van der Waals surface area contributed by atoms with Crippen LogP contribution in [0.1, 0.15) is 42.4 Å². The molecule has 1 fully saturated rings. The predicted octanol–water partition coefficient (Wildman–Crippen LogP) is 3.86. The molecule has 1 aromatic carbocycles. The van der Waals surface area contributed by atoms with E-state index >= 15 is 0 Å². The minimum atomic E-state index is -0.845. The molecule has 0 amide bonds. The second-order valence-corrected chi connectivity index (χ2v) is 5.71. The second-order valence-electron chi connectivity index (χ2n) is 5.30. The summed E-state index contributed by atoms with van der Waals surface area (Å²) in [5, 5.41) is 10.2. The average molecular weight is 283 g/mol. The smallest absolute Gasteiger partial charge is 0.314 e. The summed E-state index contributed by atoms with van der Waals surface area (Å²) in [5.41, 5.74) is 1.69. The van der Waals surface area contributed by atoms with Crippen molar-refractivity contribution in [1.82, 2.24) is 0 Å². The number of ether oxygens (including phenoxy) is 1. The lowest BCUT2D eigenvalue weighted by atomic mass is 9.76. The summed E-state index contributed by atoms with van der Waals surface area (Å²) in [6.45, 7) is 3.82. The summed E-state index contributed by atoms with van der Waals surface area (Å²) in [5.74, 6) is -0.0344. The van der Waals surface area contributed by atoms with E-state index in [9.17, 15) is 9.90 Å². The number of methoxy groups -OCH3 is 1. The Kier molecular flexibility index (Phi) is 3.77. The lowest BCUT2D eigenvalue weighted by Crippen LogP contribution is -2.34. The van der Waals surface area contributed by atoms with E-state index < -0.39 is 11.4 Å². The third-order valence-electron chi connectivity index (χ3n) is 4.20. The number of hydrogen-bond donors (Lipinski definition) is 1. The molecule has 0 aromatic heterocycles. The van der Waals surface area contributed by atoms with Crippen molar-refractivity contribution in [1.29, 1.82) is 0 Å². The van der Waals surface area contributed by atoms with E-state index in [0.717, 1.165) is 35.3 Å². The number of halogens is 1. The number of carboxylic acid groups (broad SMARTS) is 1. The Morgan fingerprint density at radius 2 is 1.95 bits per heavy atom. The molecule has 0 unspecified atom stereocenters. The molecule has 0 saturated heterocycles. The van der Waals surface area contributed by atoms with E-state index in [1.807, 2.05) is 19.9 Å². The van der Waals surface area contributed by atoms with Crippen molar-refractivity contribution in [3.8, 4) is 5.75 Å². The molecule has 1 aliphatic carbocycles. The van der Waals surface area contributed by atoms with E-state index in [-0.39, 0.29) is 0 Å². The van der Waals surface area contributed by atoms with E-state index in [4.69, 9.17) is 16.3 Å². The number of rotatable bonds is 3. The zero-order valence-corrected chi connectivity index (χ0v) is 12.3. The molecular formula is C15H19ClO3. The number of aliphatic carboxylic acids is 1. The van der Waals surface area contributed by atoms with Gasteiger partial charge in [-0.2, -0.15) is 0 Å². The van der Waals surface area contributed by atoms with Gasteiger partial charge in [-0.05, 0) is 49.4 Å². The summed E-state index contributed by atoms with van der Waals surface area (Å²) < 4.78 is 5.40. The first-order valence-corrected chi connectivity index (χ1v) is 6.89. The van der Waals surface area contributed by atoms with Crippen LogP contribution in [0, 0.1) is 13.8 Å². The van der Waals surface area contributed by atoms with Crippen LogP contribution in [-0.2, 0) is 10.2 Å². The van der Waals surface area contributed by atoms with Gasteiger partial charge in [-0.1, -0.05) is 24.4 Å². The largest absolute Gasteiger partial charge is 0.496 e. The van der Waals surface area contributed by atoms with Crippen molar-refractivity contribution in [2.45, 2.75) is 44.9 Å². The third kappa shape index (κ3) is 2.10. The Hall–Kier alpha value is -1.22. The molecule has 0 bridgehead atoms. The Morgan fingerprint density at radius 1 is 1.37 bits per heavy atom. The summed E-state index contributed by atoms with van der Waals surface area (Å²) >= 11 is 6.36. The molecule has 0 radical (unpaired) electrons. The van der Waals surface area contributed by atoms with Crippen LogP contribution in [0.5, 0.6) is 5.75 Å². The van der Waals surface area contributed by atoms with Crippen LogP contribution in [0.4, 0.5) is 0 Å². The van der Waals surface area contributed by atoms with Crippen molar-refractivity contribution in [2.75, 3.05) is 7.11 Å². The van der Waals surface area contributed by atoms with Gasteiger partial charge in [0.15, 0.2) is 0 Å². The number of hydrogen-bond acceptors (Lipinski definition) is 2. The van der Waals surface area contributed by atoms with Crippen molar-refractivity contribution >= 4 is 17.6 Å². The lowest BCUT2D eigenvalue weighted by molar-refractivity contribution is -0.143. The van der Waals surface area contributed by atoms with Gasteiger partial charge in [-0.15, -0.1) is 0 Å². The molecule has 104 valence electrons. The Labute approximate surface area is 118 Å². The number of benzene rings is 1. The molecule has 1 aromatic rings. The maximum atomic E-state index is 11.8. The van der Waals surface area contributed by atoms with Crippen LogP contribution < -0.4 is 4.74 Å². The van der Waals surface area contributed by atoms with Gasteiger partial charge in [0.2, 0.25) is 0 Å². The topological polar surface area (TPSA) is 46.5 Å². The fourth-order valence-electron chi connectivity index (χ4n) is 3.37. The number of aryl methyl sites for hydroxylation is 1. The molecule has 0 spiro atoms. The van der Waals surface area contributed by atoms with E-state index in [0.29, 0.717) is 17.9 Å². The molecule has 0 aliphatic heterocycles. The molecule has 2 rings (SSSR count). The van der Waals surface area contributed by atoms with Gasteiger partial charge >= 0.3 is 5.97 Å². The van der Waals surface area contributed by atoms with E-state index in [1.54, 1.807) is 7.11 Å². The van der Waals surface area contributed by atoms with Crippen LogP contribution in [0.15, 0.2) is 6.07 Å². The van der Waals surface area contributed by atoms with E-state index in [2.05, 4.69) is 0 Å². The highest BCUT2D eigenvalue weighted by Gasteiger charge is 2.45. The summed E-state index contributed by atoms with van der Waals surface area (Å²) in [6.07, 6.45) is 3.15. The molecule has 1 N–H and O–H groups in total. The summed E-state index contributed by atoms with van der Waals surface area (Å²) in [7, 11) is 1.61. The maximum Gasteiger partial charge on any atom is 0.314 e. The third-order valence-corrected chi connectivity index (χ3v) is 4.50. The molecule has 0 atom stereocenters. The van der Waals surface area contributed by atoms with Crippen molar-refractivity contribution in [3.05, 3.63) is 27.8 Å². The van der Waals surface area contributed by atoms with Gasteiger partial charge < -0.3 is 9.84 Å². The molecule has 0 heterocycles. The zero-order valence-electron chi connectivity index (χ0n) is 11.5. The first-order valence-electron chi connectivity index (χ1n) is 6.51. The molecule has 3 nitrogen and oxygen atoms in total. The highest BCUT2D eigenvalue weighted by atomic mass is 35.5. The fraction of sp³-hybridized carbons (Fsp3) is 0.533. The van der Waals surface area contributed by atoms with Crippen LogP contribution in [0.3, 0.4) is 0 Å². The Morgan fingerprint density at radius 3 is 2.42 bits per heavy atom. The zero-order chi connectivity index (χ0) is 14.2. The molecule has 19 heavy (non-hydrogen) atoms. The average Bonchev–Trinajstić information content (AvgIpc) is 2.79. The molecule has 4 heteroatoms. The summed E-state index contributed by atoms with van der Waals surface area (Å²) in [6, 6.07) is 1.81. The fourth-order valence-corrected chi connectivity index (χ4v) is 3.85. The normalized spacial score (nSPS) is 17.5. The first kappa shape index (κ1) is 14.2. The first-order chi connectivity index (χ1) is 8.94. The van der Waals surface area contributed by atoms with Gasteiger partial charge in [-0.3, -0.25) is 4.79 Å². The highest BCUT2D eigenvalue weighted by molar-refractivity contribution is 6.32. The SMILES string of the molecule is COc1c(C)cc(Cl)c(C2(C(=O)O)CCCC2)c1C. The second kappa shape index (κ2) is 5.04. The highest BCUT2D eigenvalue weighted by Crippen LogP contribution is 2.48. The maximum absolute atomic E-state index is 11.8. The minimum absolute atomic E-state index is 0.542. The number of carboxylic acids is 1.